The zero-order valence-corrected chi connectivity index (χ0v) is 9.57. The molecule has 6 heteroatoms. The lowest BCUT2D eigenvalue weighted by molar-refractivity contribution is -0.130. The Morgan fingerprint density at radius 2 is 2.44 bits per heavy atom. The minimum absolute atomic E-state index is 0.0545. The second-order valence-electron chi connectivity index (χ2n) is 3.74. The summed E-state index contributed by atoms with van der Waals surface area (Å²) in [5.74, 6) is -0.372. The largest absolute Gasteiger partial charge is 0.370 e. The van der Waals surface area contributed by atoms with Gasteiger partial charge in [-0.25, -0.2) is 0 Å². The summed E-state index contributed by atoms with van der Waals surface area (Å²) in [6, 6.07) is -0.0545. The number of nitrogens with two attached hydrogens (primary N) is 1. The number of likely N-dealkylation sites (tertiary alicyclic amines) is 1. The molecule has 0 aromatic heterocycles. The topological polar surface area (TPSA) is 84.7 Å². The standard InChI is InChI=1S/C10H19N3O3/c1-2-12-8-3-4-13(10(8)15)5-6-16-7-9(11)14/h8,12H,2-7H2,1H3,(H2,11,14). The highest BCUT2D eigenvalue weighted by molar-refractivity contribution is 5.83. The molecule has 1 fully saturated rings. The fraction of sp³-hybridized carbons (Fsp3) is 0.800. The number of nitrogens with zero attached hydrogens (tertiary/aromatic N) is 1. The van der Waals surface area contributed by atoms with E-state index in [0.717, 1.165) is 19.5 Å². The maximum absolute atomic E-state index is 11.7. The quantitative estimate of drug-likeness (QED) is 0.531. The molecule has 1 aliphatic heterocycles. The van der Waals surface area contributed by atoms with Crippen LogP contribution in [0.15, 0.2) is 0 Å². The van der Waals surface area contributed by atoms with Gasteiger partial charge >= 0.3 is 0 Å². The van der Waals surface area contributed by atoms with Gasteiger partial charge in [0.15, 0.2) is 0 Å². The average Bonchev–Trinajstić information content (AvgIpc) is 2.57. The number of likely N-dealkylation sites (N-methyl/N-ethyl adjacent to an activating group) is 1. The number of hydrogen-bond acceptors (Lipinski definition) is 4. The molecule has 1 aliphatic rings. The Labute approximate surface area is 95.1 Å². The van der Waals surface area contributed by atoms with Crippen LogP contribution in [0.1, 0.15) is 13.3 Å². The van der Waals surface area contributed by atoms with Gasteiger partial charge in [0.25, 0.3) is 0 Å². The predicted molar refractivity (Wildman–Crippen MR) is 58.7 cm³/mol. The highest BCUT2D eigenvalue weighted by Crippen LogP contribution is 2.10. The van der Waals surface area contributed by atoms with Gasteiger partial charge in [-0.05, 0) is 13.0 Å². The molecule has 0 spiro atoms. The number of ether oxygens (including phenoxy) is 1. The van der Waals surface area contributed by atoms with Crippen LogP contribution in [-0.4, -0.2) is 55.6 Å². The number of primary amides is 1. The molecule has 1 rings (SSSR count). The minimum atomic E-state index is -0.488. The van der Waals surface area contributed by atoms with Crippen molar-refractivity contribution in [3.8, 4) is 0 Å². The van der Waals surface area contributed by atoms with Crippen LogP contribution in [0.4, 0.5) is 0 Å². The fourth-order valence-electron chi connectivity index (χ4n) is 1.74. The molecule has 16 heavy (non-hydrogen) atoms. The van der Waals surface area contributed by atoms with E-state index >= 15 is 0 Å². The number of hydrogen-bond donors (Lipinski definition) is 2. The minimum Gasteiger partial charge on any atom is -0.370 e. The van der Waals surface area contributed by atoms with E-state index in [1.807, 2.05) is 6.92 Å². The van der Waals surface area contributed by atoms with Crippen molar-refractivity contribution in [2.75, 3.05) is 32.8 Å². The van der Waals surface area contributed by atoms with Gasteiger partial charge in [-0.15, -0.1) is 0 Å². The van der Waals surface area contributed by atoms with E-state index in [1.54, 1.807) is 4.90 Å². The number of rotatable bonds is 7. The monoisotopic (exact) mass is 229 g/mol. The van der Waals surface area contributed by atoms with Crippen LogP contribution in [0.2, 0.25) is 0 Å². The molecule has 0 aromatic carbocycles. The van der Waals surface area contributed by atoms with E-state index in [-0.39, 0.29) is 18.6 Å². The smallest absolute Gasteiger partial charge is 0.243 e. The summed E-state index contributed by atoms with van der Waals surface area (Å²) < 4.78 is 5.01. The van der Waals surface area contributed by atoms with Gasteiger partial charge in [0.2, 0.25) is 11.8 Å². The Kier molecular flexibility index (Phi) is 5.21. The van der Waals surface area contributed by atoms with Gasteiger partial charge in [0, 0.05) is 13.1 Å². The lowest BCUT2D eigenvalue weighted by Crippen LogP contribution is -2.39. The Bertz CT molecular complexity index is 258. The Balaban J connectivity index is 2.19. The van der Waals surface area contributed by atoms with Crippen molar-refractivity contribution in [2.45, 2.75) is 19.4 Å². The maximum atomic E-state index is 11.7. The molecular formula is C10H19N3O3. The molecule has 0 aliphatic carbocycles. The Morgan fingerprint density at radius 3 is 3.06 bits per heavy atom. The average molecular weight is 229 g/mol. The van der Waals surface area contributed by atoms with Crippen molar-refractivity contribution in [3.63, 3.8) is 0 Å². The summed E-state index contributed by atoms with van der Waals surface area (Å²) in [4.78, 5) is 23.9. The van der Waals surface area contributed by atoms with Gasteiger partial charge < -0.3 is 20.7 Å². The Morgan fingerprint density at radius 1 is 1.69 bits per heavy atom. The summed E-state index contributed by atoms with van der Waals surface area (Å²) in [5, 5.41) is 3.13. The molecule has 0 radical (unpaired) electrons. The molecule has 2 amide bonds. The molecule has 3 N–H and O–H groups in total. The van der Waals surface area contributed by atoms with E-state index in [0.29, 0.717) is 13.2 Å². The number of carbonyl (C=O) groups excluding carboxylic acids is 2. The van der Waals surface area contributed by atoms with E-state index in [2.05, 4.69) is 5.32 Å². The molecule has 92 valence electrons. The van der Waals surface area contributed by atoms with Gasteiger partial charge in [0.1, 0.15) is 6.61 Å². The summed E-state index contributed by atoms with van der Waals surface area (Å²) in [6.07, 6.45) is 0.836. The first-order valence-electron chi connectivity index (χ1n) is 5.53. The lowest BCUT2D eigenvalue weighted by atomic mass is 10.2. The third-order valence-corrected chi connectivity index (χ3v) is 2.50. The highest BCUT2D eigenvalue weighted by Gasteiger charge is 2.30. The van der Waals surface area contributed by atoms with Crippen LogP contribution in [0.25, 0.3) is 0 Å². The van der Waals surface area contributed by atoms with E-state index in [1.165, 1.54) is 0 Å². The SMILES string of the molecule is CCNC1CCN(CCOCC(N)=O)C1=O. The molecule has 1 unspecified atom stereocenters. The van der Waals surface area contributed by atoms with Crippen molar-refractivity contribution in [1.29, 1.82) is 0 Å². The van der Waals surface area contributed by atoms with Crippen molar-refractivity contribution < 1.29 is 14.3 Å². The van der Waals surface area contributed by atoms with Gasteiger partial charge in [0.05, 0.1) is 12.6 Å². The van der Waals surface area contributed by atoms with Crippen LogP contribution in [-0.2, 0) is 14.3 Å². The third-order valence-electron chi connectivity index (χ3n) is 2.50. The zero-order valence-electron chi connectivity index (χ0n) is 9.57. The van der Waals surface area contributed by atoms with Crippen LogP contribution >= 0.6 is 0 Å². The van der Waals surface area contributed by atoms with Crippen LogP contribution in [0.3, 0.4) is 0 Å². The van der Waals surface area contributed by atoms with Crippen molar-refractivity contribution in [2.24, 2.45) is 5.73 Å². The van der Waals surface area contributed by atoms with Crippen molar-refractivity contribution >= 4 is 11.8 Å². The maximum Gasteiger partial charge on any atom is 0.243 e. The Hall–Kier alpha value is -1.14. The number of carbonyl (C=O) groups is 2. The van der Waals surface area contributed by atoms with Crippen LogP contribution in [0, 0.1) is 0 Å². The summed E-state index contributed by atoms with van der Waals surface area (Å²) >= 11 is 0. The highest BCUT2D eigenvalue weighted by atomic mass is 16.5. The summed E-state index contributed by atoms with van der Waals surface area (Å²) in [6.45, 7) is 4.31. The second kappa shape index (κ2) is 6.44. The summed E-state index contributed by atoms with van der Waals surface area (Å²) in [7, 11) is 0. The van der Waals surface area contributed by atoms with Crippen molar-refractivity contribution in [1.82, 2.24) is 10.2 Å². The molecule has 0 aromatic rings. The van der Waals surface area contributed by atoms with Crippen LogP contribution < -0.4 is 11.1 Å². The van der Waals surface area contributed by atoms with Gasteiger partial charge in [-0.2, -0.15) is 0 Å². The molecule has 0 saturated carbocycles. The zero-order chi connectivity index (χ0) is 12.0. The van der Waals surface area contributed by atoms with Gasteiger partial charge in [-0.3, -0.25) is 9.59 Å². The normalized spacial score (nSPS) is 20.4. The van der Waals surface area contributed by atoms with Crippen molar-refractivity contribution in [3.05, 3.63) is 0 Å². The molecule has 1 saturated heterocycles. The van der Waals surface area contributed by atoms with E-state index in [9.17, 15) is 9.59 Å². The first-order valence-corrected chi connectivity index (χ1v) is 5.53. The third kappa shape index (κ3) is 3.79. The van der Waals surface area contributed by atoms with E-state index < -0.39 is 5.91 Å². The fourth-order valence-corrected chi connectivity index (χ4v) is 1.74. The first kappa shape index (κ1) is 12.9. The molecule has 6 nitrogen and oxygen atoms in total. The molecule has 0 bridgehead atoms. The first-order chi connectivity index (χ1) is 7.65. The van der Waals surface area contributed by atoms with Crippen LogP contribution in [0.5, 0.6) is 0 Å². The molecule has 1 heterocycles. The molecule has 1 atom stereocenters. The molecular weight excluding hydrogens is 210 g/mol. The van der Waals surface area contributed by atoms with E-state index in [4.69, 9.17) is 10.5 Å². The predicted octanol–water partition coefficient (Wildman–Crippen LogP) is -1.30. The second-order valence-corrected chi connectivity index (χ2v) is 3.74. The number of nitrogens with one attached hydrogen (secondary N) is 1. The summed E-state index contributed by atoms with van der Waals surface area (Å²) in [5.41, 5.74) is 4.92. The van der Waals surface area contributed by atoms with Gasteiger partial charge in [-0.1, -0.05) is 6.92 Å². The lowest BCUT2D eigenvalue weighted by Gasteiger charge is -2.16. The number of amides is 2.